The molecular formula is C38H34BrF5N6O4S. The Morgan fingerprint density at radius 3 is 2.44 bits per heavy atom. The lowest BCUT2D eigenvalue weighted by Crippen LogP contribution is -3.00. The van der Waals surface area contributed by atoms with Gasteiger partial charge >= 0.3 is 18.1 Å². The summed E-state index contributed by atoms with van der Waals surface area (Å²) in [4.78, 5) is 29.9. The predicted molar refractivity (Wildman–Crippen MR) is 185 cm³/mol. The van der Waals surface area contributed by atoms with Gasteiger partial charge in [-0.15, -0.1) is 16.0 Å². The Balaban J connectivity index is 0.00000580. The van der Waals surface area contributed by atoms with Crippen LogP contribution in [0.1, 0.15) is 58.5 Å². The average molecular weight is 846 g/mol. The Kier molecular flexibility index (Phi) is 12.5. The van der Waals surface area contributed by atoms with Crippen molar-refractivity contribution in [3.05, 3.63) is 117 Å². The normalized spacial score (nSPS) is 15.7. The highest BCUT2D eigenvalue weighted by Crippen LogP contribution is 2.45. The number of alkyl halides is 3. The van der Waals surface area contributed by atoms with Gasteiger partial charge in [0.05, 0.1) is 29.8 Å². The van der Waals surface area contributed by atoms with Crippen LogP contribution in [0, 0.1) is 36.8 Å². The van der Waals surface area contributed by atoms with E-state index in [-0.39, 0.29) is 40.5 Å². The van der Waals surface area contributed by atoms with Crippen molar-refractivity contribution >= 4 is 23.3 Å². The van der Waals surface area contributed by atoms with Crippen molar-refractivity contribution in [3.8, 4) is 23.1 Å². The van der Waals surface area contributed by atoms with E-state index in [1.54, 1.807) is 34.2 Å². The van der Waals surface area contributed by atoms with Crippen LogP contribution in [0.15, 0.2) is 72.6 Å². The number of halogens is 6. The van der Waals surface area contributed by atoms with E-state index in [0.29, 0.717) is 46.2 Å². The highest BCUT2D eigenvalue weighted by atomic mass is 79.9. The number of rotatable bonds is 11. The van der Waals surface area contributed by atoms with Crippen molar-refractivity contribution in [1.82, 2.24) is 20.1 Å². The third-order valence-electron chi connectivity index (χ3n) is 9.25. The Morgan fingerprint density at radius 2 is 1.82 bits per heavy atom. The topological polar surface area (TPSA) is 123 Å². The highest BCUT2D eigenvalue weighted by Gasteiger charge is 2.53. The van der Waals surface area contributed by atoms with Crippen LogP contribution in [-0.2, 0) is 33.0 Å². The molecule has 3 heterocycles. The summed E-state index contributed by atoms with van der Waals surface area (Å²) >= 11 is 1.04. The van der Waals surface area contributed by atoms with Crippen molar-refractivity contribution < 1.29 is 62.6 Å². The average Bonchev–Trinajstić information content (AvgIpc) is 3.92. The van der Waals surface area contributed by atoms with E-state index in [1.165, 1.54) is 24.3 Å². The molecule has 5 aromatic rings. The number of aryl methyl sites for hydroxylation is 2. The lowest BCUT2D eigenvalue weighted by Gasteiger charge is -2.36. The second-order valence-electron chi connectivity index (χ2n) is 13.1. The third-order valence-corrected chi connectivity index (χ3v) is 10.3. The summed E-state index contributed by atoms with van der Waals surface area (Å²) in [6.45, 7) is 5.41. The van der Waals surface area contributed by atoms with Gasteiger partial charge in [0.2, 0.25) is 6.33 Å². The largest absolute Gasteiger partial charge is 1.00 e. The molecule has 1 aliphatic rings. The van der Waals surface area contributed by atoms with Crippen LogP contribution in [0.3, 0.4) is 0 Å². The number of esters is 2. The number of nitrogens with one attached hydrogen (secondary N) is 1. The molecular weight excluding hydrogens is 811 g/mol. The standard InChI is InChI=1S/C38H34F5N6O4S.BrH/c1-22-13-26(14-23(2)33(22)52-35(50)31-5-4-12-45-31)17-48-20-46-49(21-48)19-37(53-36(51)38(41,42)43,29-11-10-28(39)15-30(29)40)24(3)34-47-32(18-54-34)27-8-6-25(16-44)7-9-27;/h6-11,13-15,18,20-21,24,31,45H,4-5,12,17,19H2,1-3H3;1H/q+1;/p-1. The van der Waals surface area contributed by atoms with Gasteiger partial charge < -0.3 is 31.8 Å². The van der Waals surface area contributed by atoms with Gasteiger partial charge in [-0.1, -0.05) is 19.1 Å². The zero-order valence-corrected chi connectivity index (χ0v) is 32.1. The van der Waals surface area contributed by atoms with Gasteiger partial charge in [0.15, 0.2) is 5.60 Å². The fourth-order valence-corrected chi connectivity index (χ4v) is 7.52. The summed E-state index contributed by atoms with van der Waals surface area (Å²) in [5, 5.41) is 18.4. The predicted octanol–water partition coefficient (Wildman–Crippen LogP) is 3.58. The van der Waals surface area contributed by atoms with E-state index in [9.17, 15) is 27.2 Å². The summed E-state index contributed by atoms with van der Waals surface area (Å²) < 4.78 is 85.6. The Labute approximate surface area is 327 Å². The molecule has 0 bridgehead atoms. The molecule has 2 aromatic heterocycles. The summed E-state index contributed by atoms with van der Waals surface area (Å²) in [5.41, 5.74) is 0.684. The molecule has 10 nitrogen and oxygen atoms in total. The number of aromatic nitrogens is 4. The molecule has 1 N–H and O–H groups in total. The molecule has 55 heavy (non-hydrogen) atoms. The summed E-state index contributed by atoms with van der Waals surface area (Å²) in [7, 11) is 0. The molecule has 0 radical (unpaired) electrons. The first-order valence-electron chi connectivity index (χ1n) is 16.8. The third kappa shape index (κ3) is 9.09. The molecule has 1 saturated heterocycles. The summed E-state index contributed by atoms with van der Waals surface area (Å²) in [5.74, 6) is -5.95. The van der Waals surface area contributed by atoms with E-state index in [1.807, 2.05) is 32.0 Å². The molecule has 0 saturated carbocycles. The number of carbonyl (C=O) groups is 2. The monoisotopic (exact) mass is 844 g/mol. The molecule has 3 aromatic carbocycles. The smallest absolute Gasteiger partial charge is 0.490 e. The van der Waals surface area contributed by atoms with Crippen LogP contribution in [-0.4, -0.2) is 45.5 Å². The van der Waals surface area contributed by atoms with Gasteiger partial charge in [-0.25, -0.2) is 27.9 Å². The quantitative estimate of drug-likeness (QED) is 0.0928. The van der Waals surface area contributed by atoms with Crippen molar-refractivity contribution in [2.75, 3.05) is 6.54 Å². The lowest BCUT2D eigenvalue weighted by atomic mass is 9.81. The number of thiazole rings is 1. The first-order chi connectivity index (χ1) is 25.7. The van der Waals surface area contributed by atoms with Crippen LogP contribution in [0.25, 0.3) is 11.3 Å². The first-order valence-corrected chi connectivity index (χ1v) is 17.7. The van der Waals surface area contributed by atoms with E-state index in [0.717, 1.165) is 42.0 Å². The van der Waals surface area contributed by atoms with Gasteiger partial charge in [0.1, 0.15) is 35.0 Å². The highest BCUT2D eigenvalue weighted by molar-refractivity contribution is 7.10. The maximum absolute atomic E-state index is 15.8. The zero-order valence-electron chi connectivity index (χ0n) is 29.7. The molecule has 1 aliphatic heterocycles. The van der Waals surface area contributed by atoms with Crippen molar-refractivity contribution in [2.45, 2.75) is 70.4 Å². The number of ether oxygens (including phenoxy) is 2. The van der Waals surface area contributed by atoms with Crippen LogP contribution in [0.2, 0.25) is 0 Å². The maximum Gasteiger partial charge on any atom is 0.490 e. The number of nitrogens with zero attached hydrogens (tertiary/aromatic N) is 5. The van der Waals surface area contributed by atoms with E-state index in [2.05, 4.69) is 15.4 Å². The Bertz CT molecular complexity index is 2210. The molecule has 6 rings (SSSR count). The summed E-state index contributed by atoms with van der Waals surface area (Å²) in [6, 6.07) is 14.1. The van der Waals surface area contributed by atoms with Crippen molar-refractivity contribution in [3.63, 3.8) is 0 Å². The fraction of sp³-hybridized carbons (Fsp3) is 0.316. The molecule has 1 fully saturated rings. The second-order valence-corrected chi connectivity index (χ2v) is 14.0. The maximum atomic E-state index is 15.8. The SMILES string of the molecule is Cc1cc(C[n+]2cnn(CC(OC(=O)C(F)(F)F)(c3ccc(F)cc3F)C(C)c3nc(-c4ccc(C#N)cc4)cs3)c2)cc(C)c1OC(=O)C1CCCN1.[Br-]. The number of nitriles is 1. The van der Waals surface area contributed by atoms with Crippen LogP contribution in [0.5, 0.6) is 5.75 Å². The number of hydrogen-bond donors (Lipinski definition) is 1. The number of carbonyl (C=O) groups excluding carboxylic acids is 2. The molecule has 0 aliphatic carbocycles. The minimum Gasteiger partial charge on any atom is -1.00 e. The zero-order chi connectivity index (χ0) is 38.8. The van der Waals surface area contributed by atoms with E-state index in [4.69, 9.17) is 14.7 Å². The van der Waals surface area contributed by atoms with Gasteiger partial charge in [0.25, 0.3) is 6.33 Å². The van der Waals surface area contributed by atoms with Crippen LogP contribution in [0.4, 0.5) is 22.0 Å². The van der Waals surface area contributed by atoms with Crippen LogP contribution < -0.4 is 31.6 Å². The van der Waals surface area contributed by atoms with Gasteiger partial charge in [-0.3, -0.25) is 0 Å². The van der Waals surface area contributed by atoms with Gasteiger partial charge in [-0.2, -0.15) is 18.4 Å². The Morgan fingerprint density at radius 1 is 1.11 bits per heavy atom. The van der Waals surface area contributed by atoms with E-state index >= 15 is 4.39 Å². The minimum absolute atomic E-state index is 0. The molecule has 0 spiro atoms. The second kappa shape index (κ2) is 16.8. The molecule has 17 heteroatoms. The number of benzene rings is 3. The molecule has 3 atom stereocenters. The number of hydrogen-bond acceptors (Lipinski definition) is 9. The molecule has 288 valence electrons. The fourth-order valence-electron chi connectivity index (χ4n) is 6.55. The van der Waals surface area contributed by atoms with Gasteiger partial charge in [-0.05, 0) is 86.3 Å². The molecule has 3 unspecified atom stereocenters. The van der Waals surface area contributed by atoms with Crippen LogP contribution >= 0.6 is 11.3 Å². The van der Waals surface area contributed by atoms with E-state index < -0.39 is 47.4 Å². The minimum atomic E-state index is -5.47. The lowest BCUT2D eigenvalue weighted by molar-refractivity contribution is -0.689. The Hall–Kier alpha value is -5.05. The van der Waals surface area contributed by atoms with Crippen molar-refractivity contribution in [1.29, 1.82) is 5.26 Å². The first kappa shape index (κ1) is 41.1. The summed E-state index contributed by atoms with van der Waals surface area (Å²) in [6.07, 6.45) is -1.03. The van der Waals surface area contributed by atoms with Gasteiger partial charge in [0, 0.05) is 27.7 Å². The van der Waals surface area contributed by atoms with Crippen molar-refractivity contribution in [2.24, 2.45) is 0 Å². The molecule has 0 amide bonds.